The Bertz CT molecular complexity index is 1910. The van der Waals surface area contributed by atoms with Crippen LogP contribution in [0, 0.1) is 5.21 Å². The van der Waals surface area contributed by atoms with E-state index in [4.69, 9.17) is 9.84 Å². The van der Waals surface area contributed by atoms with Gasteiger partial charge >= 0.3 is 6.18 Å². The van der Waals surface area contributed by atoms with Gasteiger partial charge in [-0.25, -0.2) is 13.1 Å². The maximum absolute atomic E-state index is 13.2. The highest BCUT2D eigenvalue weighted by Crippen LogP contribution is 2.36. The lowest BCUT2D eigenvalue weighted by atomic mass is 9.89. The Hall–Kier alpha value is -3.70. The molecule has 2 fully saturated rings. The molecule has 0 amide bonds. The van der Waals surface area contributed by atoms with Crippen LogP contribution in [0.3, 0.4) is 0 Å². The molecule has 0 bridgehead atoms. The Morgan fingerprint density at radius 1 is 1.10 bits per heavy atom. The second-order valence-electron chi connectivity index (χ2n) is 13.2. The van der Waals surface area contributed by atoms with Crippen LogP contribution in [0.2, 0.25) is 0 Å². The molecular formula is C33H40F3N7O5S. The van der Waals surface area contributed by atoms with Gasteiger partial charge < -0.3 is 24.9 Å². The van der Waals surface area contributed by atoms with Crippen LogP contribution in [0.15, 0.2) is 42.7 Å². The summed E-state index contributed by atoms with van der Waals surface area (Å²) in [6.45, 7) is 4.95. The van der Waals surface area contributed by atoms with E-state index in [1.807, 2.05) is 17.2 Å². The van der Waals surface area contributed by atoms with Crippen LogP contribution in [0.4, 0.5) is 19.0 Å². The molecule has 2 saturated heterocycles. The Kier molecular flexibility index (Phi) is 9.11. The van der Waals surface area contributed by atoms with Crippen molar-refractivity contribution in [1.82, 2.24) is 24.0 Å². The van der Waals surface area contributed by atoms with Crippen molar-refractivity contribution in [2.75, 3.05) is 63.6 Å². The molecule has 1 unspecified atom stereocenters. The van der Waals surface area contributed by atoms with Gasteiger partial charge in [0.2, 0.25) is 10.0 Å². The average molecular weight is 704 g/mol. The van der Waals surface area contributed by atoms with E-state index in [2.05, 4.69) is 9.88 Å². The zero-order valence-corrected chi connectivity index (χ0v) is 28.0. The summed E-state index contributed by atoms with van der Waals surface area (Å²) < 4.78 is 73.8. The van der Waals surface area contributed by atoms with Crippen LogP contribution in [-0.2, 0) is 40.4 Å². The summed E-state index contributed by atoms with van der Waals surface area (Å²) in [4.78, 5) is 7.61. The number of benzene rings is 1. The maximum atomic E-state index is 13.2. The van der Waals surface area contributed by atoms with Crippen molar-refractivity contribution in [2.45, 2.75) is 50.6 Å². The van der Waals surface area contributed by atoms with Gasteiger partial charge in [-0.2, -0.15) is 22.6 Å². The number of fused-ring (bicyclic) bond motifs is 2. The van der Waals surface area contributed by atoms with Crippen molar-refractivity contribution in [3.05, 3.63) is 70.3 Å². The van der Waals surface area contributed by atoms with Gasteiger partial charge in [0.15, 0.2) is 0 Å². The quantitative estimate of drug-likeness (QED) is 0.212. The van der Waals surface area contributed by atoms with E-state index in [1.54, 1.807) is 10.9 Å². The monoisotopic (exact) mass is 703 g/mol. The third kappa shape index (κ3) is 7.01. The highest BCUT2D eigenvalue weighted by Gasteiger charge is 2.33. The zero-order valence-electron chi connectivity index (χ0n) is 27.2. The van der Waals surface area contributed by atoms with Crippen LogP contribution < -0.4 is 9.63 Å². The second-order valence-corrected chi connectivity index (χ2v) is 15.2. The Morgan fingerprint density at radius 3 is 2.49 bits per heavy atom. The molecule has 0 saturated carbocycles. The number of pyridine rings is 1. The van der Waals surface area contributed by atoms with Crippen molar-refractivity contribution < 1.29 is 36.2 Å². The Morgan fingerprint density at radius 2 is 1.82 bits per heavy atom. The lowest BCUT2D eigenvalue weighted by Crippen LogP contribution is -2.44. The standard InChI is InChI=1S/C33H40F3N7O5S/c1-49(46,47)41-11-8-30-28(20-41)32(23-2-4-24(5-3-23)33(34,35)36)38-42(30)19-25(44)18-39-9-6-22(7-10-39)26-17-37-29-16-31(43(45)21-27(26)29)40-12-14-48-15-13-40/h2-5,16-17,21-22,25,37,44H,6-15,18-20H2,1H3. The first-order valence-corrected chi connectivity index (χ1v) is 18.4. The first-order chi connectivity index (χ1) is 23.3. The van der Waals surface area contributed by atoms with Gasteiger partial charge in [0, 0.05) is 54.5 Å². The summed E-state index contributed by atoms with van der Waals surface area (Å²) in [5.74, 6) is 0.879. The molecule has 1 aromatic carbocycles. The number of morpholine rings is 1. The number of piperidine rings is 1. The van der Waals surface area contributed by atoms with Gasteiger partial charge in [-0.15, -0.1) is 0 Å². The number of nitrogens with zero attached hydrogens (tertiary/aromatic N) is 6. The van der Waals surface area contributed by atoms with E-state index in [0.717, 1.165) is 71.2 Å². The fraction of sp³-hybridized carbons (Fsp3) is 0.515. The Balaban J connectivity index is 1.02. The van der Waals surface area contributed by atoms with Crippen molar-refractivity contribution in [1.29, 1.82) is 0 Å². The minimum Gasteiger partial charge on any atom is -0.711 e. The number of aromatic nitrogens is 4. The largest absolute Gasteiger partial charge is 0.711 e. The number of nitrogens with one attached hydrogen (secondary N) is 1. The molecule has 0 aliphatic carbocycles. The molecule has 4 aromatic rings. The molecule has 7 rings (SSSR count). The van der Waals surface area contributed by atoms with Crippen molar-refractivity contribution in [3.8, 4) is 11.3 Å². The third-order valence-corrected chi connectivity index (χ3v) is 11.2. The normalized spacial score (nSPS) is 19.4. The first kappa shape index (κ1) is 33.8. The fourth-order valence-corrected chi connectivity index (χ4v) is 8.18. The van der Waals surface area contributed by atoms with Gasteiger partial charge in [0.1, 0.15) is 19.3 Å². The van der Waals surface area contributed by atoms with E-state index < -0.39 is 27.9 Å². The summed E-state index contributed by atoms with van der Waals surface area (Å²) in [6, 6.07) is 6.60. The minimum atomic E-state index is -4.48. The number of hydrogen-bond donors (Lipinski definition) is 2. The topological polar surface area (TPSA) is 134 Å². The third-order valence-electron chi connectivity index (χ3n) is 10.00. The van der Waals surface area contributed by atoms with Crippen molar-refractivity contribution >= 4 is 26.7 Å². The van der Waals surface area contributed by atoms with Gasteiger partial charge in [0.05, 0.1) is 55.0 Å². The van der Waals surface area contributed by atoms with Crippen molar-refractivity contribution in [2.24, 2.45) is 0 Å². The number of hydrogen-bond acceptors (Lipinski definition) is 8. The molecule has 0 radical (unpaired) electrons. The lowest BCUT2D eigenvalue weighted by molar-refractivity contribution is -0.590. The molecule has 1 atom stereocenters. The SMILES string of the molecule is CS(=O)(=O)N1CCc2c(c(-c3ccc(C(F)(F)F)cc3)nn2CC(O)CN2CCC(c3c[nH]c4cc(N5CCOCC5)[n+]([O-])cc34)CC2)C1. The number of halogens is 3. The van der Waals surface area contributed by atoms with Gasteiger partial charge in [-0.1, -0.05) is 12.1 Å². The summed E-state index contributed by atoms with van der Waals surface area (Å²) >= 11 is 0. The number of H-pyrrole nitrogens is 1. The number of β-amino-alcohol motifs (C(OH)–C–C–N with tert-alkyl or cyclic N) is 1. The van der Waals surface area contributed by atoms with Crippen molar-refractivity contribution in [3.63, 3.8) is 0 Å². The number of alkyl halides is 3. The van der Waals surface area contributed by atoms with Gasteiger partial charge in [0.25, 0.3) is 5.82 Å². The summed E-state index contributed by atoms with van der Waals surface area (Å²) in [6.07, 6.45) is 1.64. The predicted molar refractivity (Wildman–Crippen MR) is 176 cm³/mol. The number of ether oxygens (including phenoxy) is 1. The molecule has 12 nitrogen and oxygen atoms in total. The van der Waals surface area contributed by atoms with Gasteiger partial charge in [-0.05, 0) is 49.5 Å². The van der Waals surface area contributed by atoms with Crippen LogP contribution in [0.25, 0.3) is 22.2 Å². The zero-order chi connectivity index (χ0) is 34.5. The molecule has 0 spiro atoms. The summed E-state index contributed by atoms with van der Waals surface area (Å²) in [7, 11) is -3.50. The minimum absolute atomic E-state index is 0.0584. The number of aromatic amines is 1. The smallest absolute Gasteiger partial charge is 0.416 e. The first-order valence-electron chi connectivity index (χ1n) is 16.5. The van der Waals surface area contributed by atoms with Crippen LogP contribution in [-0.4, -0.2) is 102 Å². The number of anilines is 1. The average Bonchev–Trinajstić information content (AvgIpc) is 3.65. The van der Waals surface area contributed by atoms with Gasteiger partial charge in [-0.3, -0.25) is 9.58 Å². The highest BCUT2D eigenvalue weighted by atomic mass is 32.2. The molecule has 3 aromatic heterocycles. The number of sulfonamides is 1. The van der Waals surface area contributed by atoms with E-state index in [1.165, 1.54) is 16.4 Å². The highest BCUT2D eigenvalue weighted by molar-refractivity contribution is 7.88. The molecule has 264 valence electrons. The summed E-state index contributed by atoms with van der Waals surface area (Å²) in [5, 5.41) is 29.8. The predicted octanol–water partition coefficient (Wildman–Crippen LogP) is 3.08. The van der Waals surface area contributed by atoms with Crippen LogP contribution >= 0.6 is 0 Å². The van der Waals surface area contributed by atoms with E-state index in [9.17, 15) is 31.9 Å². The molecular weight excluding hydrogens is 663 g/mol. The number of aliphatic hydroxyl groups excluding tert-OH is 1. The fourth-order valence-electron chi connectivity index (χ4n) is 7.40. The van der Waals surface area contributed by atoms with E-state index in [0.29, 0.717) is 61.9 Å². The number of rotatable bonds is 8. The second kappa shape index (κ2) is 13.2. The summed E-state index contributed by atoms with van der Waals surface area (Å²) in [5.41, 5.74) is 3.55. The molecule has 3 aliphatic heterocycles. The van der Waals surface area contributed by atoms with E-state index >= 15 is 0 Å². The lowest BCUT2D eigenvalue weighted by Gasteiger charge is -2.33. The maximum Gasteiger partial charge on any atom is 0.416 e. The number of aliphatic hydroxyl groups is 1. The van der Waals surface area contributed by atoms with Crippen LogP contribution in [0.5, 0.6) is 0 Å². The molecule has 3 aliphatic rings. The Labute approximate surface area is 282 Å². The molecule has 6 heterocycles. The molecule has 2 N–H and O–H groups in total. The van der Waals surface area contributed by atoms with Crippen LogP contribution in [0.1, 0.15) is 41.1 Å². The van der Waals surface area contributed by atoms with E-state index in [-0.39, 0.29) is 25.6 Å². The number of likely N-dealkylation sites (tertiary alicyclic amines) is 1. The molecule has 49 heavy (non-hydrogen) atoms. The molecule has 16 heteroatoms.